The van der Waals surface area contributed by atoms with E-state index in [1.807, 2.05) is 0 Å². The molecule has 20 heavy (non-hydrogen) atoms. The molecule has 1 aromatic heterocycles. The van der Waals surface area contributed by atoms with Gasteiger partial charge in [0.1, 0.15) is 4.90 Å². The van der Waals surface area contributed by atoms with E-state index in [4.69, 9.17) is 29.0 Å². The molecule has 1 heterocycles. The quantitative estimate of drug-likeness (QED) is 0.590. The maximum atomic E-state index is 12.3. The Labute approximate surface area is 125 Å². The van der Waals surface area contributed by atoms with Gasteiger partial charge in [0.15, 0.2) is 5.82 Å². The van der Waals surface area contributed by atoms with Gasteiger partial charge in [0.05, 0.1) is 15.7 Å². The molecule has 0 amide bonds. The molecule has 2 aromatic rings. The molecular formula is C11H10Cl2N4O2S. The molecule has 0 aliphatic heterocycles. The Morgan fingerprint density at radius 2 is 1.90 bits per heavy atom. The van der Waals surface area contributed by atoms with Gasteiger partial charge in [-0.2, -0.15) is 0 Å². The molecule has 0 aliphatic carbocycles. The molecule has 0 saturated heterocycles. The highest BCUT2D eigenvalue weighted by Gasteiger charge is 2.20. The lowest BCUT2D eigenvalue weighted by atomic mass is 10.3. The lowest BCUT2D eigenvalue weighted by Gasteiger charge is -2.12. The van der Waals surface area contributed by atoms with Crippen molar-refractivity contribution < 1.29 is 8.42 Å². The first-order valence-corrected chi connectivity index (χ1v) is 7.58. The maximum absolute atomic E-state index is 12.3. The van der Waals surface area contributed by atoms with E-state index in [2.05, 4.69) is 15.1 Å². The summed E-state index contributed by atoms with van der Waals surface area (Å²) in [5.41, 5.74) is 2.40. The fourth-order valence-corrected chi connectivity index (χ4v) is 3.10. The van der Waals surface area contributed by atoms with E-state index in [0.717, 1.165) is 0 Å². The van der Waals surface area contributed by atoms with Gasteiger partial charge in [0.2, 0.25) is 0 Å². The van der Waals surface area contributed by atoms with E-state index >= 15 is 0 Å². The van der Waals surface area contributed by atoms with Crippen molar-refractivity contribution in [3.05, 3.63) is 46.6 Å². The van der Waals surface area contributed by atoms with Crippen molar-refractivity contribution in [3.63, 3.8) is 0 Å². The summed E-state index contributed by atoms with van der Waals surface area (Å²) >= 11 is 11.8. The van der Waals surface area contributed by atoms with Crippen LogP contribution in [-0.2, 0) is 10.0 Å². The van der Waals surface area contributed by atoms with Crippen molar-refractivity contribution in [3.8, 4) is 0 Å². The van der Waals surface area contributed by atoms with Crippen LogP contribution in [-0.4, -0.2) is 13.4 Å². The molecule has 1 aromatic carbocycles. The van der Waals surface area contributed by atoms with E-state index in [-0.39, 0.29) is 26.4 Å². The Kier molecular flexibility index (Phi) is 4.34. The number of hydrazine groups is 1. The molecule has 0 bridgehead atoms. The zero-order chi connectivity index (χ0) is 14.8. The standard InChI is InChI=1S/C11H10Cl2N4O2S/c12-7-3-1-4-8(10(7)13)17-20(18,19)9-5-2-6-15-11(9)16-14/h1-6,17H,14H2,(H,15,16). The van der Waals surface area contributed by atoms with Crippen LogP contribution in [0.4, 0.5) is 11.5 Å². The van der Waals surface area contributed by atoms with Gasteiger partial charge in [-0.15, -0.1) is 0 Å². The van der Waals surface area contributed by atoms with E-state index in [0.29, 0.717) is 0 Å². The molecule has 0 saturated carbocycles. The maximum Gasteiger partial charge on any atom is 0.265 e. The minimum Gasteiger partial charge on any atom is -0.307 e. The first kappa shape index (κ1) is 14.9. The zero-order valence-electron chi connectivity index (χ0n) is 9.97. The Hall–Kier alpha value is -1.54. The molecule has 6 nitrogen and oxygen atoms in total. The second-order valence-corrected chi connectivity index (χ2v) is 6.14. The number of benzene rings is 1. The predicted molar refractivity (Wildman–Crippen MR) is 79.3 cm³/mol. The van der Waals surface area contributed by atoms with E-state index in [1.165, 1.54) is 24.4 Å². The van der Waals surface area contributed by atoms with Crippen LogP contribution >= 0.6 is 23.2 Å². The van der Waals surface area contributed by atoms with Crippen LogP contribution in [0.3, 0.4) is 0 Å². The van der Waals surface area contributed by atoms with E-state index in [9.17, 15) is 8.42 Å². The van der Waals surface area contributed by atoms with Crippen LogP contribution < -0.4 is 16.0 Å². The summed E-state index contributed by atoms with van der Waals surface area (Å²) in [6.07, 6.45) is 1.42. The van der Waals surface area contributed by atoms with Gasteiger partial charge in [-0.1, -0.05) is 29.3 Å². The average molecular weight is 333 g/mol. The average Bonchev–Trinajstić information content (AvgIpc) is 2.43. The van der Waals surface area contributed by atoms with Gasteiger partial charge in [0.25, 0.3) is 10.0 Å². The number of hydrogen-bond acceptors (Lipinski definition) is 5. The Balaban J connectivity index is 2.44. The molecule has 0 unspecified atom stereocenters. The summed E-state index contributed by atoms with van der Waals surface area (Å²) in [5.74, 6) is 5.27. The van der Waals surface area contributed by atoms with Gasteiger partial charge in [-0.25, -0.2) is 19.2 Å². The van der Waals surface area contributed by atoms with Gasteiger partial charge < -0.3 is 5.43 Å². The number of pyridine rings is 1. The zero-order valence-corrected chi connectivity index (χ0v) is 12.3. The number of aromatic nitrogens is 1. The molecule has 9 heteroatoms. The summed E-state index contributed by atoms with van der Waals surface area (Å²) in [5, 5.41) is 0.360. The largest absolute Gasteiger partial charge is 0.307 e. The highest BCUT2D eigenvalue weighted by molar-refractivity contribution is 7.92. The molecule has 2 rings (SSSR count). The van der Waals surface area contributed by atoms with E-state index < -0.39 is 10.0 Å². The molecular weight excluding hydrogens is 323 g/mol. The summed E-state index contributed by atoms with van der Waals surface area (Å²) in [6.45, 7) is 0. The number of nitrogens with zero attached hydrogens (tertiary/aromatic N) is 1. The van der Waals surface area contributed by atoms with Crippen LogP contribution in [0.25, 0.3) is 0 Å². The Morgan fingerprint density at radius 3 is 2.60 bits per heavy atom. The third-order valence-corrected chi connectivity index (χ3v) is 4.61. The van der Waals surface area contributed by atoms with Gasteiger partial charge in [-0.3, -0.25) is 4.72 Å². The Morgan fingerprint density at radius 1 is 1.15 bits per heavy atom. The van der Waals surface area contributed by atoms with Crippen molar-refractivity contribution >= 4 is 44.7 Å². The third kappa shape index (κ3) is 2.96. The van der Waals surface area contributed by atoms with Crippen molar-refractivity contribution in [2.45, 2.75) is 4.90 Å². The minimum atomic E-state index is -3.89. The molecule has 4 N–H and O–H groups in total. The number of nitrogen functional groups attached to an aromatic ring is 1. The predicted octanol–water partition coefficient (Wildman–Crippen LogP) is 2.47. The van der Waals surface area contributed by atoms with Crippen molar-refractivity contribution in [1.29, 1.82) is 0 Å². The van der Waals surface area contributed by atoms with Crippen LogP contribution in [0.2, 0.25) is 10.0 Å². The number of halogens is 2. The molecule has 0 fully saturated rings. The number of nitrogens with two attached hydrogens (primary N) is 1. The third-order valence-electron chi connectivity index (χ3n) is 2.39. The van der Waals surface area contributed by atoms with Gasteiger partial charge in [0, 0.05) is 6.20 Å². The van der Waals surface area contributed by atoms with Gasteiger partial charge in [-0.05, 0) is 24.3 Å². The summed E-state index contributed by atoms with van der Waals surface area (Å²) in [7, 11) is -3.89. The van der Waals surface area contributed by atoms with Crippen LogP contribution in [0, 0.1) is 0 Å². The summed E-state index contributed by atoms with van der Waals surface area (Å²) in [6, 6.07) is 7.48. The SMILES string of the molecule is NNc1ncccc1S(=O)(=O)Nc1cccc(Cl)c1Cl. The summed E-state index contributed by atoms with van der Waals surface area (Å²) < 4.78 is 26.9. The first-order valence-electron chi connectivity index (χ1n) is 5.34. The van der Waals surface area contributed by atoms with Crippen molar-refractivity contribution in [2.24, 2.45) is 5.84 Å². The molecule has 0 spiro atoms. The summed E-state index contributed by atoms with van der Waals surface area (Å²) in [4.78, 5) is 3.73. The first-order chi connectivity index (χ1) is 9.45. The normalized spacial score (nSPS) is 11.2. The number of nitrogens with one attached hydrogen (secondary N) is 2. The van der Waals surface area contributed by atoms with Crippen LogP contribution in [0.15, 0.2) is 41.4 Å². The fourth-order valence-electron chi connectivity index (χ4n) is 1.50. The molecule has 106 valence electrons. The van der Waals surface area contributed by atoms with Crippen LogP contribution in [0.5, 0.6) is 0 Å². The van der Waals surface area contributed by atoms with Crippen LogP contribution in [0.1, 0.15) is 0 Å². The monoisotopic (exact) mass is 332 g/mol. The Bertz CT molecular complexity index is 737. The van der Waals surface area contributed by atoms with E-state index in [1.54, 1.807) is 12.1 Å². The highest BCUT2D eigenvalue weighted by atomic mass is 35.5. The molecule has 0 atom stereocenters. The lowest BCUT2D eigenvalue weighted by molar-refractivity contribution is 0.601. The van der Waals surface area contributed by atoms with Gasteiger partial charge >= 0.3 is 0 Å². The molecule has 0 radical (unpaired) electrons. The minimum absolute atomic E-state index is 0.0261. The smallest absolute Gasteiger partial charge is 0.265 e. The number of rotatable bonds is 4. The second kappa shape index (κ2) is 5.84. The lowest BCUT2D eigenvalue weighted by Crippen LogP contribution is -2.18. The number of hydrogen-bond donors (Lipinski definition) is 3. The second-order valence-electron chi connectivity index (χ2n) is 3.70. The number of sulfonamides is 1. The highest BCUT2D eigenvalue weighted by Crippen LogP contribution is 2.31. The van der Waals surface area contributed by atoms with Crippen molar-refractivity contribution in [1.82, 2.24) is 4.98 Å². The topological polar surface area (TPSA) is 97.1 Å². The van der Waals surface area contributed by atoms with Crippen molar-refractivity contribution in [2.75, 3.05) is 10.1 Å². The number of anilines is 2. The molecule has 0 aliphatic rings. The fraction of sp³-hybridized carbons (Fsp3) is 0.